The average molecular weight is 282 g/mol. The van der Waals surface area contributed by atoms with Gasteiger partial charge < -0.3 is 5.73 Å². The lowest BCUT2D eigenvalue weighted by atomic mass is 10.2. The van der Waals surface area contributed by atoms with Gasteiger partial charge in [-0.1, -0.05) is 0 Å². The van der Waals surface area contributed by atoms with E-state index in [1.165, 1.54) is 0 Å². The highest BCUT2D eigenvalue weighted by Crippen LogP contribution is 2.33. The fraction of sp³-hybridized carbons (Fsp3) is 0.286. The summed E-state index contributed by atoms with van der Waals surface area (Å²) in [5, 5.41) is 10.6. The molecule has 0 radical (unpaired) electrons. The summed E-state index contributed by atoms with van der Waals surface area (Å²) < 4.78 is 25.1. The van der Waals surface area contributed by atoms with Gasteiger partial charge in [0.1, 0.15) is 0 Å². The molecule has 0 saturated carbocycles. The molecule has 0 fully saturated rings. The molecule has 1 heterocycles. The quantitative estimate of drug-likeness (QED) is 0.680. The minimum Gasteiger partial charge on any atom is -0.326 e. The number of halogens is 3. The first kappa shape index (κ1) is 11.9. The van der Waals surface area contributed by atoms with E-state index in [1.807, 2.05) is 0 Å². The van der Waals surface area contributed by atoms with Crippen LogP contribution in [0.4, 0.5) is 14.5 Å². The molecule has 0 bridgehead atoms. The first-order valence-corrected chi connectivity index (χ1v) is 4.58. The molecule has 1 aromatic rings. The van der Waals surface area contributed by atoms with Gasteiger partial charge in [-0.05, 0) is 15.9 Å². The summed E-state index contributed by atoms with van der Waals surface area (Å²) in [5.41, 5.74) is 3.69. The molecule has 0 aliphatic rings. The van der Waals surface area contributed by atoms with E-state index in [-0.39, 0.29) is 16.6 Å². The van der Waals surface area contributed by atoms with Gasteiger partial charge in [-0.15, -0.1) is 0 Å². The standard InChI is InChI=1S/C7H6BrF2N3O2/c8-4-2-12-5(7(9)10)6(13(14)15)3(4)1-11/h2,7H,1,11H2. The molecule has 0 unspecified atom stereocenters. The summed E-state index contributed by atoms with van der Waals surface area (Å²) in [4.78, 5) is 13.0. The summed E-state index contributed by atoms with van der Waals surface area (Å²) in [6.07, 6.45) is -1.92. The van der Waals surface area contributed by atoms with Crippen LogP contribution in [-0.4, -0.2) is 9.91 Å². The molecule has 15 heavy (non-hydrogen) atoms. The molecule has 0 saturated heterocycles. The second-order valence-electron chi connectivity index (χ2n) is 2.58. The summed E-state index contributed by atoms with van der Waals surface area (Å²) in [7, 11) is 0. The van der Waals surface area contributed by atoms with E-state index in [0.29, 0.717) is 0 Å². The van der Waals surface area contributed by atoms with Crippen molar-refractivity contribution in [2.24, 2.45) is 5.73 Å². The van der Waals surface area contributed by atoms with Crippen molar-refractivity contribution >= 4 is 21.6 Å². The predicted octanol–water partition coefficient (Wildman–Crippen LogP) is 2.15. The third-order valence-electron chi connectivity index (χ3n) is 1.73. The molecule has 82 valence electrons. The molecule has 0 aromatic carbocycles. The zero-order valence-corrected chi connectivity index (χ0v) is 8.87. The van der Waals surface area contributed by atoms with E-state index >= 15 is 0 Å². The zero-order chi connectivity index (χ0) is 11.6. The molecule has 0 amide bonds. The Kier molecular flexibility index (Phi) is 3.64. The van der Waals surface area contributed by atoms with Crippen LogP contribution in [-0.2, 0) is 6.54 Å². The van der Waals surface area contributed by atoms with E-state index in [4.69, 9.17) is 5.73 Å². The van der Waals surface area contributed by atoms with Crippen molar-refractivity contribution in [1.29, 1.82) is 0 Å². The Morgan fingerprint density at radius 1 is 1.67 bits per heavy atom. The molecule has 5 nitrogen and oxygen atoms in total. The minimum absolute atomic E-state index is 0.0188. The van der Waals surface area contributed by atoms with Crippen molar-refractivity contribution in [2.45, 2.75) is 13.0 Å². The Labute approximate surface area is 91.6 Å². The van der Waals surface area contributed by atoms with Crippen molar-refractivity contribution in [1.82, 2.24) is 4.98 Å². The van der Waals surface area contributed by atoms with Gasteiger partial charge >= 0.3 is 5.69 Å². The molecule has 1 aromatic heterocycles. The van der Waals surface area contributed by atoms with Crippen molar-refractivity contribution in [3.8, 4) is 0 Å². The number of alkyl halides is 2. The summed E-state index contributed by atoms with van der Waals surface area (Å²) in [6, 6.07) is 0. The number of nitrogens with two attached hydrogens (primary N) is 1. The summed E-state index contributed by atoms with van der Waals surface area (Å²) >= 11 is 2.97. The average Bonchev–Trinajstić information content (AvgIpc) is 2.16. The third-order valence-corrected chi connectivity index (χ3v) is 2.41. The highest BCUT2D eigenvalue weighted by Gasteiger charge is 2.28. The maximum atomic E-state index is 12.4. The smallest absolute Gasteiger partial charge is 0.302 e. The van der Waals surface area contributed by atoms with Crippen LogP contribution in [0.5, 0.6) is 0 Å². The Bertz CT molecular complexity index is 400. The van der Waals surface area contributed by atoms with Crippen LogP contribution < -0.4 is 5.73 Å². The molecule has 0 aliphatic carbocycles. The number of nitrogens with zero attached hydrogens (tertiary/aromatic N) is 2. The topological polar surface area (TPSA) is 82.0 Å². The molecular weight excluding hydrogens is 276 g/mol. The van der Waals surface area contributed by atoms with Crippen molar-refractivity contribution in [3.05, 3.63) is 32.0 Å². The number of hydrogen-bond acceptors (Lipinski definition) is 4. The van der Waals surface area contributed by atoms with Crippen LogP contribution in [0.25, 0.3) is 0 Å². The van der Waals surface area contributed by atoms with E-state index < -0.39 is 22.7 Å². The highest BCUT2D eigenvalue weighted by atomic mass is 79.9. The predicted molar refractivity (Wildman–Crippen MR) is 51.4 cm³/mol. The van der Waals surface area contributed by atoms with Crippen LogP contribution in [0.15, 0.2) is 10.7 Å². The molecule has 2 N–H and O–H groups in total. The molecule has 0 aliphatic heterocycles. The monoisotopic (exact) mass is 281 g/mol. The van der Waals surface area contributed by atoms with E-state index in [1.54, 1.807) is 0 Å². The maximum Gasteiger partial charge on any atom is 0.302 e. The Hall–Kier alpha value is -1.15. The maximum absolute atomic E-state index is 12.4. The van der Waals surface area contributed by atoms with Gasteiger partial charge in [-0.25, -0.2) is 13.8 Å². The van der Waals surface area contributed by atoms with Gasteiger partial charge in [0.2, 0.25) is 0 Å². The Morgan fingerprint density at radius 2 is 2.27 bits per heavy atom. The van der Waals surface area contributed by atoms with Crippen LogP contribution in [0.3, 0.4) is 0 Å². The lowest BCUT2D eigenvalue weighted by Gasteiger charge is -2.06. The Morgan fingerprint density at radius 3 is 2.67 bits per heavy atom. The lowest BCUT2D eigenvalue weighted by molar-refractivity contribution is -0.387. The SMILES string of the molecule is NCc1c(Br)cnc(C(F)F)c1[N+](=O)[O-]. The molecule has 1 rings (SSSR count). The third kappa shape index (κ3) is 2.26. The van der Waals surface area contributed by atoms with Gasteiger partial charge in [0.05, 0.1) is 10.5 Å². The van der Waals surface area contributed by atoms with Gasteiger partial charge in [0.25, 0.3) is 6.43 Å². The van der Waals surface area contributed by atoms with Crippen LogP contribution in [0.2, 0.25) is 0 Å². The van der Waals surface area contributed by atoms with E-state index in [0.717, 1.165) is 6.20 Å². The second kappa shape index (κ2) is 4.58. The highest BCUT2D eigenvalue weighted by molar-refractivity contribution is 9.10. The number of hydrogen-bond donors (Lipinski definition) is 1. The van der Waals surface area contributed by atoms with Crippen molar-refractivity contribution in [2.75, 3.05) is 0 Å². The van der Waals surface area contributed by atoms with Gasteiger partial charge in [0, 0.05) is 17.2 Å². The Balaban J connectivity index is 3.49. The fourth-order valence-corrected chi connectivity index (χ4v) is 1.54. The lowest BCUT2D eigenvalue weighted by Crippen LogP contribution is -2.08. The molecule has 0 spiro atoms. The van der Waals surface area contributed by atoms with Gasteiger partial charge in [-0.2, -0.15) is 0 Å². The summed E-state index contributed by atoms with van der Waals surface area (Å²) in [6.45, 7) is -0.209. The molecule has 0 atom stereocenters. The number of pyridine rings is 1. The molecular formula is C7H6BrF2N3O2. The van der Waals surface area contributed by atoms with Crippen molar-refractivity contribution < 1.29 is 13.7 Å². The van der Waals surface area contributed by atoms with Crippen molar-refractivity contribution in [3.63, 3.8) is 0 Å². The van der Waals surface area contributed by atoms with Crippen LogP contribution in [0, 0.1) is 10.1 Å². The first-order chi connectivity index (χ1) is 6.99. The summed E-state index contributed by atoms with van der Waals surface area (Å²) in [5.74, 6) is 0. The van der Waals surface area contributed by atoms with E-state index in [2.05, 4.69) is 20.9 Å². The number of rotatable bonds is 3. The molecule has 8 heteroatoms. The largest absolute Gasteiger partial charge is 0.326 e. The minimum atomic E-state index is -3.00. The normalized spacial score (nSPS) is 10.7. The number of nitro groups is 1. The fourth-order valence-electron chi connectivity index (χ4n) is 1.09. The van der Waals surface area contributed by atoms with Crippen LogP contribution in [0.1, 0.15) is 17.7 Å². The van der Waals surface area contributed by atoms with Gasteiger partial charge in [-0.3, -0.25) is 10.1 Å². The number of aromatic nitrogens is 1. The van der Waals surface area contributed by atoms with Gasteiger partial charge in [0.15, 0.2) is 5.69 Å². The zero-order valence-electron chi connectivity index (χ0n) is 7.28. The second-order valence-corrected chi connectivity index (χ2v) is 3.43. The first-order valence-electron chi connectivity index (χ1n) is 3.79. The van der Waals surface area contributed by atoms with E-state index in [9.17, 15) is 18.9 Å². The van der Waals surface area contributed by atoms with Crippen LogP contribution >= 0.6 is 15.9 Å².